The van der Waals surface area contributed by atoms with E-state index in [2.05, 4.69) is 15.1 Å². The summed E-state index contributed by atoms with van der Waals surface area (Å²) in [5.41, 5.74) is 6.87. The van der Waals surface area contributed by atoms with E-state index in [4.69, 9.17) is 10.8 Å². The topological polar surface area (TPSA) is 127 Å². The molecule has 0 aliphatic carbocycles. The summed E-state index contributed by atoms with van der Waals surface area (Å²) in [6.07, 6.45) is 1.46. The zero-order chi connectivity index (χ0) is 15.0. The van der Waals surface area contributed by atoms with Gasteiger partial charge in [-0.25, -0.2) is 9.78 Å². The summed E-state index contributed by atoms with van der Waals surface area (Å²) < 4.78 is 1.50. The van der Waals surface area contributed by atoms with Crippen LogP contribution in [0.4, 0.5) is 5.95 Å². The molecular formula is C13H11N5O3. The third-order valence-corrected chi connectivity index (χ3v) is 3.05. The molecule has 21 heavy (non-hydrogen) atoms. The van der Waals surface area contributed by atoms with Crippen molar-refractivity contribution in [1.29, 1.82) is 0 Å². The van der Waals surface area contributed by atoms with Crippen molar-refractivity contribution < 1.29 is 9.90 Å². The van der Waals surface area contributed by atoms with Crippen molar-refractivity contribution in [2.24, 2.45) is 0 Å². The fraction of sp³-hybridized carbons (Fsp3) is 0.0769. The summed E-state index contributed by atoms with van der Waals surface area (Å²) in [6.45, 7) is 0.331. The van der Waals surface area contributed by atoms with E-state index in [1.807, 2.05) is 0 Å². The van der Waals surface area contributed by atoms with Gasteiger partial charge in [-0.05, 0) is 17.7 Å². The summed E-state index contributed by atoms with van der Waals surface area (Å²) >= 11 is 0. The molecule has 2 heterocycles. The quantitative estimate of drug-likeness (QED) is 0.641. The Hall–Kier alpha value is -3.16. The molecule has 0 radical (unpaired) electrons. The number of nitrogen functional groups attached to an aromatic ring is 1. The molecule has 0 aliphatic heterocycles. The molecular weight excluding hydrogens is 274 g/mol. The molecule has 4 N–H and O–H groups in total. The number of hydrogen-bond acceptors (Lipinski definition) is 5. The number of nitrogens with one attached hydrogen (secondary N) is 1. The number of aromatic amines is 1. The minimum Gasteiger partial charge on any atom is -0.478 e. The summed E-state index contributed by atoms with van der Waals surface area (Å²) in [5.74, 6) is -0.944. The van der Waals surface area contributed by atoms with Crippen molar-refractivity contribution in [3.63, 3.8) is 0 Å². The van der Waals surface area contributed by atoms with E-state index in [9.17, 15) is 9.59 Å². The monoisotopic (exact) mass is 285 g/mol. The molecule has 0 saturated carbocycles. The molecule has 0 aliphatic rings. The third-order valence-electron chi connectivity index (χ3n) is 3.05. The van der Waals surface area contributed by atoms with Gasteiger partial charge in [-0.3, -0.25) is 14.5 Å². The Morgan fingerprint density at radius 1 is 1.33 bits per heavy atom. The third kappa shape index (κ3) is 2.34. The average molecular weight is 285 g/mol. The Kier molecular flexibility index (Phi) is 2.90. The Labute approximate surface area is 117 Å². The second-order valence-electron chi connectivity index (χ2n) is 4.49. The predicted octanol–water partition coefficient (Wildman–Crippen LogP) is 0.448. The van der Waals surface area contributed by atoms with Gasteiger partial charge in [0.15, 0.2) is 5.52 Å². The second-order valence-corrected chi connectivity index (χ2v) is 4.49. The molecule has 2 aromatic heterocycles. The number of nitrogens with zero attached hydrogens (tertiary/aromatic N) is 3. The number of aromatic carboxylic acids is 1. The average Bonchev–Trinajstić information content (AvgIpc) is 2.82. The van der Waals surface area contributed by atoms with Crippen molar-refractivity contribution in [3.05, 3.63) is 51.9 Å². The first-order valence-corrected chi connectivity index (χ1v) is 6.08. The maximum Gasteiger partial charge on any atom is 0.335 e. The standard InChI is InChI=1S/C13H11N5O3/c14-13-16-9-5-15-18(10(9)11(19)17-13)6-7-1-3-8(4-2-7)12(20)21/h1-5H,6H2,(H,20,21)(H3,14,16,17,19). The number of benzene rings is 1. The zero-order valence-electron chi connectivity index (χ0n) is 10.8. The highest BCUT2D eigenvalue weighted by Crippen LogP contribution is 2.11. The number of aromatic nitrogens is 4. The lowest BCUT2D eigenvalue weighted by Crippen LogP contribution is -2.15. The Morgan fingerprint density at radius 3 is 2.71 bits per heavy atom. The lowest BCUT2D eigenvalue weighted by molar-refractivity contribution is 0.0697. The number of carbonyl (C=O) groups is 1. The summed E-state index contributed by atoms with van der Waals surface area (Å²) in [6, 6.07) is 6.36. The van der Waals surface area contributed by atoms with E-state index in [-0.39, 0.29) is 17.1 Å². The van der Waals surface area contributed by atoms with E-state index in [0.717, 1.165) is 5.56 Å². The molecule has 0 bridgehead atoms. The highest BCUT2D eigenvalue weighted by Gasteiger charge is 2.10. The van der Waals surface area contributed by atoms with E-state index >= 15 is 0 Å². The highest BCUT2D eigenvalue weighted by molar-refractivity contribution is 5.87. The first-order valence-electron chi connectivity index (χ1n) is 6.08. The molecule has 8 heteroatoms. The molecule has 8 nitrogen and oxygen atoms in total. The number of anilines is 1. The lowest BCUT2D eigenvalue weighted by Gasteiger charge is -2.04. The number of carboxylic acids is 1. The highest BCUT2D eigenvalue weighted by atomic mass is 16.4. The van der Waals surface area contributed by atoms with E-state index < -0.39 is 5.97 Å². The maximum atomic E-state index is 11.9. The van der Waals surface area contributed by atoms with Crippen molar-refractivity contribution >= 4 is 23.0 Å². The van der Waals surface area contributed by atoms with Crippen LogP contribution in [0.5, 0.6) is 0 Å². The normalized spacial score (nSPS) is 10.9. The summed E-state index contributed by atoms with van der Waals surface area (Å²) in [7, 11) is 0. The number of fused-ring (bicyclic) bond motifs is 1. The van der Waals surface area contributed by atoms with Crippen LogP contribution in [0.1, 0.15) is 15.9 Å². The summed E-state index contributed by atoms with van der Waals surface area (Å²) in [5, 5.41) is 13.0. The van der Waals surface area contributed by atoms with E-state index in [1.54, 1.807) is 12.1 Å². The molecule has 0 atom stereocenters. The smallest absolute Gasteiger partial charge is 0.335 e. The lowest BCUT2D eigenvalue weighted by atomic mass is 10.1. The number of rotatable bonds is 3. The molecule has 0 amide bonds. The number of hydrogen-bond donors (Lipinski definition) is 3. The first-order chi connectivity index (χ1) is 10.0. The Morgan fingerprint density at radius 2 is 2.05 bits per heavy atom. The molecule has 0 saturated heterocycles. The Bertz CT molecular complexity index is 879. The van der Waals surface area contributed by atoms with Crippen LogP contribution in [0.2, 0.25) is 0 Å². The van der Waals surface area contributed by atoms with Crippen LogP contribution in [0.3, 0.4) is 0 Å². The van der Waals surface area contributed by atoms with Gasteiger partial charge in [-0.15, -0.1) is 0 Å². The van der Waals surface area contributed by atoms with Gasteiger partial charge in [0, 0.05) is 0 Å². The van der Waals surface area contributed by atoms with Crippen LogP contribution in [-0.4, -0.2) is 30.8 Å². The van der Waals surface area contributed by atoms with Crippen molar-refractivity contribution in [2.45, 2.75) is 6.54 Å². The van der Waals surface area contributed by atoms with Crippen LogP contribution < -0.4 is 11.3 Å². The van der Waals surface area contributed by atoms with Crippen LogP contribution in [0, 0.1) is 0 Å². The molecule has 106 valence electrons. The van der Waals surface area contributed by atoms with Crippen LogP contribution in [0.15, 0.2) is 35.3 Å². The molecule has 1 aromatic carbocycles. The van der Waals surface area contributed by atoms with Gasteiger partial charge in [0.05, 0.1) is 18.3 Å². The maximum absolute atomic E-state index is 11.9. The Balaban J connectivity index is 1.98. The molecule has 0 fully saturated rings. The molecule has 3 rings (SSSR count). The minimum absolute atomic E-state index is 0.0397. The fourth-order valence-electron chi connectivity index (χ4n) is 2.07. The van der Waals surface area contributed by atoms with Gasteiger partial charge in [0.1, 0.15) is 5.52 Å². The minimum atomic E-state index is -0.984. The molecule has 0 spiro atoms. The van der Waals surface area contributed by atoms with E-state index in [0.29, 0.717) is 17.6 Å². The molecule has 0 unspecified atom stereocenters. The van der Waals surface area contributed by atoms with Gasteiger partial charge >= 0.3 is 5.97 Å². The van der Waals surface area contributed by atoms with Crippen LogP contribution in [0.25, 0.3) is 11.0 Å². The van der Waals surface area contributed by atoms with Gasteiger partial charge in [-0.2, -0.15) is 5.10 Å². The van der Waals surface area contributed by atoms with Crippen molar-refractivity contribution in [2.75, 3.05) is 5.73 Å². The zero-order valence-corrected chi connectivity index (χ0v) is 10.8. The van der Waals surface area contributed by atoms with Crippen LogP contribution >= 0.6 is 0 Å². The summed E-state index contributed by atoms with van der Waals surface area (Å²) in [4.78, 5) is 29.1. The van der Waals surface area contributed by atoms with Gasteiger partial charge in [0.25, 0.3) is 5.56 Å². The van der Waals surface area contributed by atoms with Crippen LogP contribution in [-0.2, 0) is 6.54 Å². The number of carboxylic acid groups (broad SMARTS) is 1. The number of H-pyrrole nitrogens is 1. The van der Waals surface area contributed by atoms with Crippen molar-refractivity contribution in [1.82, 2.24) is 19.7 Å². The van der Waals surface area contributed by atoms with Crippen molar-refractivity contribution in [3.8, 4) is 0 Å². The first kappa shape index (κ1) is 12.9. The van der Waals surface area contributed by atoms with Gasteiger partial charge in [0.2, 0.25) is 5.95 Å². The largest absolute Gasteiger partial charge is 0.478 e. The van der Waals surface area contributed by atoms with E-state index in [1.165, 1.54) is 23.0 Å². The van der Waals surface area contributed by atoms with Gasteiger partial charge in [-0.1, -0.05) is 12.1 Å². The predicted molar refractivity (Wildman–Crippen MR) is 75.1 cm³/mol. The molecule has 3 aromatic rings. The number of nitrogens with two attached hydrogens (primary N) is 1. The van der Waals surface area contributed by atoms with Gasteiger partial charge < -0.3 is 10.8 Å². The SMILES string of the molecule is Nc1nc2cnn(Cc3ccc(C(=O)O)cc3)c2c(=O)[nH]1. The fourth-order valence-corrected chi connectivity index (χ4v) is 2.07. The second kappa shape index (κ2) is 4.75.